The first-order valence-electron chi connectivity index (χ1n) is 8.70. The largest absolute Gasteiger partial charge is 0.357 e. The zero-order valence-electron chi connectivity index (χ0n) is 14.4. The third kappa shape index (κ3) is 4.10. The lowest BCUT2D eigenvalue weighted by molar-refractivity contribution is 0.225. The standard InChI is InChI=1S/C20H22BrN3S/c1-23-7-3-15(13-23)14-24-8-4-18(5-9-24)25-20-11-16-2-6-22-12-17(16)10-19(20)21/h2-3,6-7,10-13,18H,4-5,8-9,14H2,1H3. The van der Waals surface area contributed by atoms with Gasteiger partial charge in [-0.25, -0.2) is 0 Å². The Kier molecular flexibility index (Phi) is 5.15. The highest BCUT2D eigenvalue weighted by Crippen LogP contribution is 2.37. The molecule has 0 unspecified atom stereocenters. The molecule has 0 N–H and O–H groups in total. The van der Waals surface area contributed by atoms with Crippen LogP contribution in [0.5, 0.6) is 0 Å². The molecular formula is C20H22BrN3S. The van der Waals surface area contributed by atoms with E-state index in [0.717, 1.165) is 6.54 Å². The summed E-state index contributed by atoms with van der Waals surface area (Å²) in [5.74, 6) is 0. The molecule has 3 aromatic rings. The SMILES string of the molecule is Cn1ccc(CN2CCC(Sc3cc4ccncc4cc3Br)CC2)c1. The summed E-state index contributed by atoms with van der Waals surface area (Å²) in [4.78, 5) is 8.13. The Morgan fingerprint density at radius 3 is 2.80 bits per heavy atom. The van der Waals surface area contributed by atoms with Crippen LogP contribution < -0.4 is 0 Å². The average molecular weight is 416 g/mol. The van der Waals surface area contributed by atoms with Gasteiger partial charge < -0.3 is 4.57 Å². The third-order valence-corrected chi connectivity index (χ3v) is 7.13. The lowest BCUT2D eigenvalue weighted by atomic mass is 10.1. The molecule has 1 saturated heterocycles. The number of pyridine rings is 1. The van der Waals surface area contributed by atoms with Crippen molar-refractivity contribution in [1.29, 1.82) is 0 Å². The van der Waals surface area contributed by atoms with Crippen LogP contribution in [0.15, 0.2) is 58.4 Å². The molecule has 0 saturated carbocycles. The van der Waals surface area contributed by atoms with Gasteiger partial charge >= 0.3 is 0 Å². The van der Waals surface area contributed by atoms with Crippen LogP contribution in [0.1, 0.15) is 18.4 Å². The van der Waals surface area contributed by atoms with Crippen LogP contribution in [0, 0.1) is 0 Å². The molecule has 1 aromatic carbocycles. The van der Waals surface area contributed by atoms with E-state index in [9.17, 15) is 0 Å². The van der Waals surface area contributed by atoms with E-state index in [4.69, 9.17) is 0 Å². The number of rotatable bonds is 4. The van der Waals surface area contributed by atoms with Crippen LogP contribution in [0.2, 0.25) is 0 Å². The Morgan fingerprint density at radius 2 is 2.04 bits per heavy atom. The summed E-state index contributed by atoms with van der Waals surface area (Å²) >= 11 is 5.76. The summed E-state index contributed by atoms with van der Waals surface area (Å²) in [6, 6.07) is 8.80. The number of fused-ring (bicyclic) bond motifs is 1. The molecule has 0 atom stereocenters. The first-order valence-corrected chi connectivity index (χ1v) is 10.4. The molecule has 0 aliphatic carbocycles. The molecule has 130 valence electrons. The number of aromatic nitrogens is 2. The number of halogens is 1. The van der Waals surface area contributed by atoms with Crippen molar-refractivity contribution in [2.75, 3.05) is 13.1 Å². The molecule has 0 radical (unpaired) electrons. The van der Waals surface area contributed by atoms with Gasteiger partial charge in [0.25, 0.3) is 0 Å². The number of piperidine rings is 1. The van der Waals surface area contributed by atoms with Crippen LogP contribution in [0.25, 0.3) is 10.8 Å². The van der Waals surface area contributed by atoms with E-state index in [1.807, 2.05) is 24.2 Å². The lowest BCUT2D eigenvalue weighted by Gasteiger charge is -2.31. The maximum atomic E-state index is 4.21. The molecule has 1 aliphatic heterocycles. The monoisotopic (exact) mass is 415 g/mol. The summed E-state index contributed by atoms with van der Waals surface area (Å²) in [6.45, 7) is 3.44. The van der Waals surface area contributed by atoms with Gasteiger partial charge in [0.2, 0.25) is 0 Å². The predicted octanol–water partition coefficient (Wildman–Crippen LogP) is 5.09. The molecule has 2 aromatic heterocycles. The predicted molar refractivity (Wildman–Crippen MR) is 109 cm³/mol. The zero-order chi connectivity index (χ0) is 17.2. The highest BCUT2D eigenvalue weighted by Gasteiger charge is 2.21. The van der Waals surface area contributed by atoms with Crippen LogP contribution >= 0.6 is 27.7 Å². The van der Waals surface area contributed by atoms with Crippen molar-refractivity contribution < 1.29 is 0 Å². The minimum atomic E-state index is 0.697. The van der Waals surface area contributed by atoms with Gasteiger partial charge in [0.05, 0.1) is 0 Å². The fourth-order valence-electron chi connectivity index (χ4n) is 3.46. The van der Waals surface area contributed by atoms with Gasteiger partial charge in [-0.15, -0.1) is 11.8 Å². The molecule has 5 heteroatoms. The van der Waals surface area contributed by atoms with E-state index < -0.39 is 0 Å². The van der Waals surface area contributed by atoms with Crippen molar-refractivity contribution in [3.05, 3.63) is 59.1 Å². The maximum Gasteiger partial charge on any atom is 0.0346 e. The van der Waals surface area contributed by atoms with E-state index in [0.29, 0.717) is 5.25 Å². The smallest absolute Gasteiger partial charge is 0.0346 e. The van der Waals surface area contributed by atoms with Gasteiger partial charge in [-0.05, 0) is 77.1 Å². The van der Waals surface area contributed by atoms with Crippen molar-refractivity contribution >= 4 is 38.5 Å². The highest BCUT2D eigenvalue weighted by molar-refractivity contribution is 9.10. The molecule has 3 nitrogen and oxygen atoms in total. The van der Waals surface area contributed by atoms with Gasteiger partial charge in [-0.3, -0.25) is 9.88 Å². The normalized spacial score (nSPS) is 16.6. The first-order chi connectivity index (χ1) is 12.2. The fraction of sp³-hybridized carbons (Fsp3) is 0.350. The van der Waals surface area contributed by atoms with Crippen LogP contribution in [-0.4, -0.2) is 32.8 Å². The Morgan fingerprint density at radius 1 is 1.20 bits per heavy atom. The molecule has 3 heterocycles. The average Bonchev–Trinajstić information content (AvgIpc) is 3.02. The van der Waals surface area contributed by atoms with Crippen molar-refractivity contribution in [3.8, 4) is 0 Å². The Bertz CT molecular complexity index is 868. The quantitative estimate of drug-likeness (QED) is 0.591. The minimum absolute atomic E-state index is 0.697. The van der Waals surface area contributed by atoms with Crippen LogP contribution in [0.4, 0.5) is 0 Å². The van der Waals surface area contributed by atoms with Crippen molar-refractivity contribution in [1.82, 2.24) is 14.5 Å². The van der Waals surface area contributed by atoms with E-state index >= 15 is 0 Å². The van der Waals surface area contributed by atoms with Crippen LogP contribution in [0.3, 0.4) is 0 Å². The van der Waals surface area contributed by atoms with Gasteiger partial charge in [0.1, 0.15) is 0 Å². The van der Waals surface area contributed by atoms with Crippen molar-refractivity contribution in [3.63, 3.8) is 0 Å². The number of aryl methyl sites for hydroxylation is 1. The first kappa shape index (κ1) is 17.1. The van der Waals surface area contributed by atoms with Crippen molar-refractivity contribution in [2.45, 2.75) is 29.5 Å². The van der Waals surface area contributed by atoms with E-state index in [1.54, 1.807) is 0 Å². The van der Waals surface area contributed by atoms with E-state index in [1.165, 1.54) is 51.6 Å². The Balaban J connectivity index is 1.37. The third-order valence-electron chi connectivity index (χ3n) is 4.82. The molecule has 1 aliphatic rings. The van der Waals surface area contributed by atoms with Gasteiger partial charge in [0.15, 0.2) is 0 Å². The minimum Gasteiger partial charge on any atom is -0.357 e. The number of hydrogen-bond acceptors (Lipinski definition) is 3. The summed E-state index contributed by atoms with van der Waals surface area (Å²) in [7, 11) is 2.09. The maximum absolute atomic E-state index is 4.21. The number of likely N-dealkylation sites (tertiary alicyclic amines) is 1. The highest BCUT2D eigenvalue weighted by atomic mass is 79.9. The number of hydrogen-bond donors (Lipinski definition) is 0. The molecule has 25 heavy (non-hydrogen) atoms. The molecular weight excluding hydrogens is 394 g/mol. The second kappa shape index (κ2) is 7.52. The second-order valence-electron chi connectivity index (χ2n) is 6.78. The Hall–Kier alpha value is -1.30. The fourth-order valence-corrected chi connectivity index (χ4v) is 5.27. The van der Waals surface area contributed by atoms with Crippen molar-refractivity contribution in [2.24, 2.45) is 7.05 Å². The zero-order valence-corrected chi connectivity index (χ0v) is 16.8. The summed E-state index contributed by atoms with van der Waals surface area (Å²) in [5, 5.41) is 3.15. The van der Waals surface area contributed by atoms with Gasteiger partial charge in [-0.2, -0.15) is 0 Å². The lowest BCUT2D eigenvalue weighted by Crippen LogP contribution is -2.34. The Labute approximate surface area is 161 Å². The molecule has 0 spiro atoms. The number of nitrogens with zero attached hydrogens (tertiary/aromatic N) is 3. The summed E-state index contributed by atoms with van der Waals surface area (Å²) in [6.07, 6.45) is 10.6. The molecule has 0 amide bonds. The second-order valence-corrected chi connectivity index (χ2v) is 8.98. The van der Waals surface area contributed by atoms with Crippen LogP contribution in [-0.2, 0) is 13.6 Å². The number of benzene rings is 1. The molecule has 4 rings (SSSR count). The summed E-state index contributed by atoms with van der Waals surface area (Å²) in [5.41, 5.74) is 1.42. The number of thioether (sulfide) groups is 1. The molecule has 0 bridgehead atoms. The van der Waals surface area contributed by atoms with Gasteiger partial charge in [-0.1, -0.05) is 0 Å². The van der Waals surface area contributed by atoms with E-state index in [-0.39, 0.29) is 0 Å². The summed E-state index contributed by atoms with van der Waals surface area (Å²) < 4.78 is 3.31. The van der Waals surface area contributed by atoms with Gasteiger partial charge in [0, 0.05) is 58.4 Å². The van der Waals surface area contributed by atoms with E-state index in [2.05, 4.69) is 74.1 Å². The topological polar surface area (TPSA) is 21.1 Å². The molecule has 1 fully saturated rings.